The summed E-state index contributed by atoms with van der Waals surface area (Å²) < 4.78 is 10.3. The summed E-state index contributed by atoms with van der Waals surface area (Å²) in [6.07, 6.45) is 6.04. The van der Waals surface area contributed by atoms with Crippen molar-refractivity contribution in [3.63, 3.8) is 0 Å². The number of rotatable bonds is 4. The van der Waals surface area contributed by atoms with E-state index in [4.69, 9.17) is 4.74 Å². The molecule has 1 saturated heterocycles. The first-order valence-electron chi connectivity index (χ1n) is 6.57. The summed E-state index contributed by atoms with van der Waals surface area (Å²) in [6, 6.07) is 0. The van der Waals surface area contributed by atoms with Gasteiger partial charge in [-0.25, -0.2) is 4.79 Å². The van der Waals surface area contributed by atoms with Crippen LogP contribution in [0.1, 0.15) is 32.6 Å². The molecule has 0 unspecified atom stereocenters. The minimum Gasteiger partial charge on any atom is -0.459 e. The average molecular weight is 276 g/mol. The van der Waals surface area contributed by atoms with Crippen molar-refractivity contribution in [2.45, 2.75) is 44.8 Å². The van der Waals surface area contributed by atoms with E-state index < -0.39 is 5.97 Å². The van der Waals surface area contributed by atoms with Crippen molar-refractivity contribution in [1.29, 1.82) is 0 Å². The van der Waals surface area contributed by atoms with Crippen molar-refractivity contribution in [3.05, 3.63) is 24.3 Å². The lowest BCUT2D eigenvalue weighted by atomic mass is 9.96. The summed E-state index contributed by atoms with van der Waals surface area (Å²) in [7, 11) is 1.30. The molecule has 0 aromatic heterocycles. The van der Waals surface area contributed by atoms with E-state index in [1.54, 1.807) is 6.08 Å². The van der Waals surface area contributed by atoms with Gasteiger partial charge in [0.25, 0.3) is 0 Å². The second-order valence-corrected chi connectivity index (χ2v) is 4.78. The Hall–Kier alpha value is -1.86. The largest absolute Gasteiger partial charge is 0.459 e. The SMILES string of the molecule is C=C1C[C@H](CC#CC(=O)OC)O[C@@H](C/C=C/C(C)=O)C1. The molecule has 0 aromatic rings. The summed E-state index contributed by atoms with van der Waals surface area (Å²) in [4.78, 5) is 21.7. The summed E-state index contributed by atoms with van der Waals surface area (Å²) in [5.41, 5.74) is 1.11. The number of hydrogen-bond acceptors (Lipinski definition) is 4. The molecule has 0 spiro atoms. The molecular weight excluding hydrogens is 256 g/mol. The number of esters is 1. The highest BCUT2D eigenvalue weighted by molar-refractivity contribution is 5.88. The van der Waals surface area contributed by atoms with Crippen LogP contribution in [0.2, 0.25) is 0 Å². The number of carbonyl (C=O) groups is 2. The van der Waals surface area contributed by atoms with E-state index in [9.17, 15) is 9.59 Å². The smallest absolute Gasteiger partial charge is 0.384 e. The number of allylic oxidation sites excluding steroid dienone is 1. The minimum absolute atomic E-state index is 0.0248. The highest BCUT2D eigenvalue weighted by Gasteiger charge is 2.23. The van der Waals surface area contributed by atoms with Gasteiger partial charge in [0.05, 0.1) is 19.3 Å². The van der Waals surface area contributed by atoms with Gasteiger partial charge in [-0.15, -0.1) is 0 Å². The van der Waals surface area contributed by atoms with Crippen LogP contribution in [0, 0.1) is 11.8 Å². The Kier molecular flexibility index (Phi) is 6.75. The van der Waals surface area contributed by atoms with Gasteiger partial charge in [-0.05, 0) is 32.3 Å². The molecule has 0 aliphatic carbocycles. The Morgan fingerprint density at radius 1 is 1.45 bits per heavy atom. The van der Waals surface area contributed by atoms with Gasteiger partial charge in [-0.1, -0.05) is 24.1 Å². The zero-order chi connectivity index (χ0) is 15.0. The molecule has 0 bridgehead atoms. The van der Waals surface area contributed by atoms with Crippen LogP contribution in [0.3, 0.4) is 0 Å². The first kappa shape index (κ1) is 16.2. The van der Waals surface area contributed by atoms with E-state index in [1.165, 1.54) is 14.0 Å². The van der Waals surface area contributed by atoms with E-state index in [-0.39, 0.29) is 18.0 Å². The van der Waals surface area contributed by atoms with E-state index in [0.717, 1.165) is 18.4 Å². The lowest BCUT2D eigenvalue weighted by Crippen LogP contribution is -2.28. The number of carbonyl (C=O) groups excluding carboxylic acids is 2. The maximum atomic E-state index is 10.9. The van der Waals surface area contributed by atoms with Gasteiger partial charge in [-0.2, -0.15) is 0 Å². The second-order valence-electron chi connectivity index (χ2n) is 4.78. The molecule has 2 atom stereocenters. The minimum atomic E-state index is -0.541. The monoisotopic (exact) mass is 276 g/mol. The first-order chi connectivity index (χ1) is 9.51. The van der Waals surface area contributed by atoms with Crippen molar-refractivity contribution < 1.29 is 19.1 Å². The van der Waals surface area contributed by atoms with Crippen LogP contribution in [-0.2, 0) is 19.1 Å². The van der Waals surface area contributed by atoms with Crippen molar-refractivity contribution in [2.24, 2.45) is 0 Å². The van der Waals surface area contributed by atoms with Crippen molar-refractivity contribution >= 4 is 11.8 Å². The average Bonchev–Trinajstić information content (AvgIpc) is 2.37. The summed E-state index contributed by atoms with van der Waals surface area (Å²) >= 11 is 0. The third kappa shape index (κ3) is 6.35. The summed E-state index contributed by atoms with van der Waals surface area (Å²) in [5.74, 6) is 4.63. The summed E-state index contributed by atoms with van der Waals surface area (Å²) in [5, 5.41) is 0. The molecule has 0 radical (unpaired) electrons. The van der Waals surface area contributed by atoms with Crippen LogP contribution < -0.4 is 0 Å². The fourth-order valence-corrected chi connectivity index (χ4v) is 2.03. The molecular formula is C16H20O4. The predicted molar refractivity (Wildman–Crippen MR) is 75.9 cm³/mol. The Bertz CT molecular complexity index is 465. The molecule has 1 rings (SSSR count). The molecule has 0 saturated carbocycles. The van der Waals surface area contributed by atoms with E-state index in [2.05, 4.69) is 23.2 Å². The molecule has 0 aromatic carbocycles. The molecule has 20 heavy (non-hydrogen) atoms. The normalized spacial score (nSPS) is 22.2. The van der Waals surface area contributed by atoms with Gasteiger partial charge in [0, 0.05) is 12.3 Å². The summed E-state index contributed by atoms with van der Waals surface area (Å²) in [6.45, 7) is 5.52. The van der Waals surface area contributed by atoms with Crippen LogP contribution in [-0.4, -0.2) is 31.1 Å². The molecule has 108 valence electrons. The fourth-order valence-electron chi connectivity index (χ4n) is 2.03. The standard InChI is InChI=1S/C16H20O4/c1-12-10-14(7-4-6-13(2)17)20-15(11-12)8-5-9-16(18)19-3/h4,6,14-15H,1,7-8,10-11H2,2-3H3/b6-4+/t14-,15-/m0/s1. The van der Waals surface area contributed by atoms with E-state index in [1.807, 2.05) is 6.08 Å². The van der Waals surface area contributed by atoms with Crippen LogP contribution in [0.15, 0.2) is 24.3 Å². The maximum Gasteiger partial charge on any atom is 0.384 e. The van der Waals surface area contributed by atoms with Gasteiger partial charge < -0.3 is 9.47 Å². The Labute approximate surface area is 119 Å². The van der Waals surface area contributed by atoms with E-state index >= 15 is 0 Å². The topological polar surface area (TPSA) is 52.6 Å². The molecule has 0 amide bonds. The number of ketones is 1. The number of ether oxygens (including phenoxy) is 2. The lowest BCUT2D eigenvalue weighted by molar-refractivity contribution is -0.133. The Morgan fingerprint density at radius 3 is 2.80 bits per heavy atom. The van der Waals surface area contributed by atoms with Crippen LogP contribution in [0.4, 0.5) is 0 Å². The zero-order valence-electron chi connectivity index (χ0n) is 12.0. The van der Waals surface area contributed by atoms with Gasteiger partial charge >= 0.3 is 5.97 Å². The van der Waals surface area contributed by atoms with Crippen molar-refractivity contribution in [3.8, 4) is 11.8 Å². The van der Waals surface area contributed by atoms with Gasteiger partial charge in [0.15, 0.2) is 5.78 Å². The Balaban J connectivity index is 2.48. The van der Waals surface area contributed by atoms with Crippen LogP contribution >= 0.6 is 0 Å². The second kappa shape index (κ2) is 8.34. The molecule has 4 nitrogen and oxygen atoms in total. The van der Waals surface area contributed by atoms with Crippen molar-refractivity contribution in [1.82, 2.24) is 0 Å². The molecule has 1 fully saturated rings. The van der Waals surface area contributed by atoms with Crippen LogP contribution in [0.25, 0.3) is 0 Å². The molecule has 1 heterocycles. The van der Waals surface area contributed by atoms with Crippen LogP contribution in [0.5, 0.6) is 0 Å². The molecule has 0 N–H and O–H groups in total. The quantitative estimate of drug-likeness (QED) is 0.260. The van der Waals surface area contributed by atoms with Crippen molar-refractivity contribution in [2.75, 3.05) is 7.11 Å². The molecule has 4 heteroatoms. The molecule has 1 aliphatic rings. The highest BCUT2D eigenvalue weighted by atomic mass is 16.5. The van der Waals surface area contributed by atoms with Gasteiger partial charge in [0.2, 0.25) is 0 Å². The number of methoxy groups -OCH3 is 1. The number of hydrogen-bond donors (Lipinski definition) is 0. The predicted octanol–water partition coefficient (Wildman–Crippen LogP) is 2.19. The lowest BCUT2D eigenvalue weighted by Gasteiger charge is -2.30. The Morgan fingerprint density at radius 2 is 2.15 bits per heavy atom. The third-order valence-electron chi connectivity index (χ3n) is 2.87. The third-order valence-corrected chi connectivity index (χ3v) is 2.87. The highest BCUT2D eigenvalue weighted by Crippen LogP contribution is 2.26. The van der Waals surface area contributed by atoms with Gasteiger partial charge in [-0.3, -0.25) is 4.79 Å². The zero-order valence-corrected chi connectivity index (χ0v) is 12.0. The molecule has 1 aliphatic heterocycles. The fraction of sp³-hybridized carbons (Fsp3) is 0.500. The maximum absolute atomic E-state index is 10.9. The van der Waals surface area contributed by atoms with Gasteiger partial charge in [0.1, 0.15) is 0 Å². The van der Waals surface area contributed by atoms with E-state index in [0.29, 0.717) is 12.8 Å². The first-order valence-corrected chi connectivity index (χ1v) is 6.57.